The minimum Gasteiger partial charge on any atom is -0.481 e. The zero-order valence-corrected chi connectivity index (χ0v) is 8.58. The summed E-state index contributed by atoms with van der Waals surface area (Å²) in [5, 5.41) is 11.3. The van der Waals surface area contributed by atoms with Gasteiger partial charge >= 0.3 is 5.97 Å². The van der Waals surface area contributed by atoms with E-state index in [2.05, 4.69) is 5.32 Å². The van der Waals surface area contributed by atoms with Crippen LogP contribution in [0.15, 0.2) is 12.1 Å². The number of nitrogens with one attached hydrogen (secondary N) is 1. The van der Waals surface area contributed by atoms with Crippen LogP contribution in [-0.4, -0.2) is 17.0 Å². The number of carboxylic acid groups (broad SMARTS) is 1. The Morgan fingerprint density at radius 2 is 2.25 bits per heavy atom. The number of hydrogen-bond acceptors (Lipinski definition) is 2. The van der Waals surface area contributed by atoms with Gasteiger partial charge in [-0.15, -0.1) is 0 Å². The Labute approximate surface area is 91.1 Å². The number of aliphatic carboxylic acids is 1. The van der Waals surface area contributed by atoms with Crippen LogP contribution in [0.3, 0.4) is 0 Å². The summed E-state index contributed by atoms with van der Waals surface area (Å²) < 4.78 is 13.5. The highest BCUT2D eigenvalue weighted by atomic mass is 19.1. The van der Waals surface area contributed by atoms with Gasteiger partial charge in [-0.25, -0.2) is 4.39 Å². The van der Waals surface area contributed by atoms with E-state index in [1.54, 1.807) is 13.0 Å². The number of amides is 1. The molecule has 5 heteroatoms. The van der Waals surface area contributed by atoms with Crippen molar-refractivity contribution in [2.45, 2.75) is 13.3 Å². The van der Waals surface area contributed by atoms with Crippen LogP contribution in [0.2, 0.25) is 0 Å². The minimum absolute atomic E-state index is 0.0932. The number of anilines is 1. The first kappa shape index (κ1) is 10.6. The number of halogens is 1. The van der Waals surface area contributed by atoms with Crippen molar-refractivity contribution in [3.63, 3.8) is 0 Å². The van der Waals surface area contributed by atoms with Gasteiger partial charge in [0.05, 0.1) is 0 Å². The molecule has 1 unspecified atom stereocenters. The van der Waals surface area contributed by atoms with Crippen molar-refractivity contribution in [3.8, 4) is 0 Å². The summed E-state index contributed by atoms with van der Waals surface area (Å²) in [5.74, 6) is -3.51. The quantitative estimate of drug-likeness (QED) is 0.706. The van der Waals surface area contributed by atoms with Gasteiger partial charge in [-0.2, -0.15) is 0 Å². The number of carbonyl (C=O) groups excluding carboxylic acids is 1. The summed E-state index contributed by atoms with van der Waals surface area (Å²) in [5.41, 5.74) is 1.41. The fourth-order valence-corrected chi connectivity index (χ4v) is 1.82. The van der Waals surface area contributed by atoms with E-state index < -0.39 is 23.6 Å². The third kappa shape index (κ3) is 1.54. The van der Waals surface area contributed by atoms with E-state index in [1.807, 2.05) is 0 Å². The van der Waals surface area contributed by atoms with E-state index in [4.69, 9.17) is 5.11 Å². The molecule has 2 rings (SSSR count). The molecule has 0 aromatic heterocycles. The van der Waals surface area contributed by atoms with Crippen molar-refractivity contribution >= 4 is 17.6 Å². The highest BCUT2D eigenvalue weighted by molar-refractivity contribution is 6.07. The molecule has 2 N–H and O–H groups in total. The Hall–Kier alpha value is -1.91. The zero-order valence-electron chi connectivity index (χ0n) is 8.58. The second-order valence-electron chi connectivity index (χ2n) is 3.80. The summed E-state index contributed by atoms with van der Waals surface area (Å²) in [6.07, 6.45) is -0.0932. The lowest BCUT2D eigenvalue weighted by atomic mass is 9.91. The number of aryl methyl sites for hydroxylation is 1. The summed E-state index contributed by atoms with van der Waals surface area (Å²) in [7, 11) is 0. The smallest absolute Gasteiger partial charge is 0.316 e. The van der Waals surface area contributed by atoms with Gasteiger partial charge in [0.25, 0.3) is 0 Å². The van der Waals surface area contributed by atoms with Crippen molar-refractivity contribution in [1.82, 2.24) is 0 Å². The lowest BCUT2D eigenvalue weighted by Gasteiger charge is -2.23. The highest BCUT2D eigenvalue weighted by Gasteiger charge is 2.33. The molecule has 1 aromatic carbocycles. The van der Waals surface area contributed by atoms with Gasteiger partial charge < -0.3 is 10.4 Å². The van der Waals surface area contributed by atoms with Crippen LogP contribution < -0.4 is 5.32 Å². The molecule has 0 fully saturated rings. The maximum atomic E-state index is 13.5. The maximum Gasteiger partial charge on any atom is 0.316 e. The van der Waals surface area contributed by atoms with E-state index in [-0.39, 0.29) is 12.0 Å². The fourth-order valence-electron chi connectivity index (χ4n) is 1.82. The molecular weight excluding hydrogens is 213 g/mol. The molecule has 0 spiro atoms. The van der Waals surface area contributed by atoms with Gasteiger partial charge in [-0.05, 0) is 25.0 Å². The molecular formula is C11H10FNO3. The standard InChI is InChI=1S/C11H10FNO3/c1-5-2-3-8(12)6-4-7(11(15)16)10(14)13-9(5)6/h2-3,7H,4H2,1H3,(H,13,14)(H,15,16). The molecule has 1 heterocycles. The Kier molecular flexibility index (Phi) is 2.38. The highest BCUT2D eigenvalue weighted by Crippen LogP contribution is 2.30. The van der Waals surface area contributed by atoms with Crippen LogP contribution in [0.5, 0.6) is 0 Å². The van der Waals surface area contributed by atoms with Gasteiger partial charge in [-0.3, -0.25) is 9.59 Å². The van der Waals surface area contributed by atoms with Crippen LogP contribution in [-0.2, 0) is 16.0 Å². The average molecular weight is 223 g/mol. The summed E-state index contributed by atoms with van der Waals surface area (Å²) in [4.78, 5) is 22.2. The van der Waals surface area contributed by atoms with Crippen LogP contribution >= 0.6 is 0 Å². The molecule has 84 valence electrons. The molecule has 1 amide bonds. The summed E-state index contributed by atoms with van der Waals surface area (Å²) in [6, 6.07) is 2.83. The van der Waals surface area contributed by atoms with Crippen molar-refractivity contribution in [3.05, 3.63) is 29.1 Å². The van der Waals surface area contributed by atoms with Gasteiger partial charge in [0.1, 0.15) is 11.7 Å². The van der Waals surface area contributed by atoms with Crippen LogP contribution in [0.1, 0.15) is 11.1 Å². The monoisotopic (exact) mass is 223 g/mol. The molecule has 1 aromatic rings. The molecule has 16 heavy (non-hydrogen) atoms. The van der Waals surface area contributed by atoms with Crippen molar-refractivity contribution in [2.24, 2.45) is 5.92 Å². The van der Waals surface area contributed by atoms with Crippen molar-refractivity contribution in [2.75, 3.05) is 5.32 Å². The second kappa shape index (κ2) is 3.59. The lowest BCUT2D eigenvalue weighted by molar-refractivity contribution is -0.145. The van der Waals surface area contributed by atoms with E-state index in [0.29, 0.717) is 5.69 Å². The third-order valence-corrected chi connectivity index (χ3v) is 2.74. The normalized spacial score (nSPS) is 18.9. The number of carbonyl (C=O) groups is 2. The summed E-state index contributed by atoms with van der Waals surface area (Å²) in [6.45, 7) is 1.74. The minimum atomic E-state index is -1.23. The first-order valence-electron chi connectivity index (χ1n) is 4.82. The van der Waals surface area contributed by atoms with Crippen LogP contribution in [0.4, 0.5) is 10.1 Å². The van der Waals surface area contributed by atoms with Crippen LogP contribution in [0, 0.1) is 18.7 Å². The van der Waals surface area contributed by atoms with E-state index >= 15 is 0 Å². The molecule has 4 nitrogen and oxygen atoms in total. The Bertz CT molecular complexity index is 484. The van der Waals surface area contributed by atoms with Gasteiger partial charge in [0.15, 0.2) is 0 Å². The Morgan fingerprint density at radius 3 is 2.88 bits per heavy atom. The molecule has 0 saturated heterocycles. The van der Waals surface area contributed by atoms with Gasteiger partial charge in [0, 0.05) is 11.3 Å². The first-order chi connectivity index (χ1) is 7.50. The van der Waals surface area contributed by atoms with E-state index in [9.17, 15) is 14.0 Å². The third-order valence-electron chi connectivity index (χ3n) is 2.74. The molecule has 1 aliphatic rings. The molecule has 0 radical (unpaired) electrons. The topological polar surface area (TPSA) is 66.4 Å². The Morgan fingerprint density at radius 1 is 1.56 bits per heavy atom. The molecule has 0 aliphatic carbocycles. The predicted molar refractivity (Wildman–Crippen MR) is 54.6 cm³/mol. The van der Waals surface area contributed by atoms with Crippen molar-refractivity contribution < 1.29 is 19.1 Å². The molecule has 1 atom stereocenters. The molecule has 1 aliphatic heterocycles. The fraction of sp³-hybridized carbons (Fsp3) is 0.273. The van der Waals surface area contributed by atoms with E-state index in [1.165, 1.54) is 6.07 Å². The van der Waals surface area contributed by atoms with Crippen LogP contribution in [0.25, 0.3) is 0 Å². The van der Waals surface area contributed by atoms with Gasteiger partial charge in [-0.1, -0.05) is 6.07 Å². The summed E-state index contributed by atoms with van der Waals surface area (Å²) >= 11 is 0. The number of fused-ring (bicyclic) bond motifs is 1. The number of carboxylic acids is 1. The SMILES string of the molecule is Cc1ccc(F)c2c1NC(=O)C(C(=O)O)C2. The molecule has 0 bridgehead atoms. The number of benzene rings is 1. The maximum absolute atomic E-state index is 13.5. The predicted octanol–water partition coefficient (Wildman–Crippen LogP) is 1.33. The first-order valence-corrected chi connectivity index (χ1v) is 4.82. The lowest BCUT2D eigenvalue weighted by Crippen LogP contribution is -2.36. The largest absolute Gasteiger partial charge is 0.481 e. The van der Waals surface area contributed by atoms with Gasteiger partial charge in [0.2, 0.25) is 5.91 Å². The van der Waals surface area contributed by atoms with E-state index in [0.717, 1.165) is 5.56 Å². The number of rotatable bonds is 1. The van der Waals surface area contributed by atoms with Crippen molar-refractivity contribution in [1.29, 1.82) is 0 Å². The number of hydrogen-bond donors (Lipinski definition) is 2. The zero-order chi connectivity index (χ0) is 11.9. The Balaban J connectivity index is 2.50. The second-order valence-corrected chi connectivity index (χ2v) is 3.80. The average Bonchev–Trinajstić information content (AvgIpc) is 2.23. The molecule has 0 saturated carbocycles.